The molecule has 2 N–H and O–H groups in total. The van der Waals surface area contributed by atoms with Gasteiger partial charge in [0, 0.05) is 44.1 Å². The van der Waals surface area contributed by atoms with Crippen LogP contribution in [0.25, 0.3) is 0 Å². The first-order valence-corrected chi connectivity index (χ1v) is 6.85. The van der Waals surface area contributed by atoms with Gasteiger partial charge >= 0.3 is 0 Å². The van der Waals surface area contributed by atoms with Gasteiger partial charge in [0.2, 0.25) is 0 Å². The van der Waals surface area contributed by atoms with Crippen LogP contribution < -0.4 is 5.73 Å². The fourth-order valence-corrected chi connectivity index (χ4v) is 2.90. The third-order valence-corrected chi connectivity index (χ3v) is 4.15. The van der Waals surface area contributed by atoms with Crippen molar-refractivity contribution in [1.29, 1.82) is 0 Å². The standard InChI is InChI=1S/C11H18N4S/c12-11-13-9(8-16-11)7-14-3-5-15(6-4-14)10-1-2-10/h8,10H,1-7H2,(H2,12,13). The van der Waals surface area contributed by atoms with E-state index in [4.69, 9.17) is 5.73 Å². The van der Waals surface area contributed by atoms with Crippen molar-refractivity contribution in [2.24, 2.45) is 0 Å². The fraction of sp³-hybridized carbons (Fsp3) is 0.727. The lowest BCUT2D eigenvalue weighted by molar-refractivity contribution is 0.120. The van der Waals surface area contributed by atoms with E-state index in [1.54, 1.807) is 0 Å². The molecule has 2 aliphatic rings. The summed E-state index contributed by atoms with van der Waals surface area (Å²) in [5, 5.41) is 2.76. The number of nitrogens with zero attached hydrogens (tertiary/aromatic N) is 3. The molecule has 0 amide bonds. The molecular weight excluding hydrogens is 220 g/mol. The number of hydrogen-bond acceptors (Lipinski definition) is 5. The van der Waals surface area contributed by atoms with Crippen molar-refractivity contribution >= 4 is 16.5 Å². The highest BCUT2D eigenvalue weighted by Crippen LogP contribution is 2.27. The molecule has 1 aromatic rings. The van der Waals surface area contributed by atoms with Crippen LogP contribution in [0.3, 0.4) is 0 Å². The lowest BCUT2D eigenvalue weighted by Gasteiger charge is -2.34. The van der Waals surface area contributed by atoms with Crippen molar-refractivity contribution in [2.45, 2.75) is 25.4 Å². The molecule has 1 saturated carbocycles. The lowest BCUT2D eigenvalue weighted by atomic mass is 10.3. The Labute approximate surface area is 100 Å². The summed E-state index contributed by atoms with van der Waals surface area (Å²) in [4.78, 5) is 9.42. The van der Waals surface area contributed by atoms with Gasteiger partial charge in [-0.1, -0.05) is 0 Å². The molecule has 1 aliphatic carbocycles. The molecule has 1 saturated heterocycles. The molecule has 2 fully saturated rings. The van der Waals surface area contributed by atoms with Crippen molar-refractivity contribution in [1.82, 2.24) is 14.8 Å². The van der Waals surface area contributed by atoms with E-state index >= 15 is 0 Å². The van der Waals surface area contributed by atoms with Crippen LogP contribution in [0.2, 0.25) is 0 Å². The highest BCUT2D eigenvalue weighted by Gasteiger charge is 2.31. The minimum atomic E-state index is 0.687. The second kappa shape index (κ2) is 4.31. The predicted molar refractivity (Wildman–Crippen MR) is 66.4 cm³/mol. The first kappa shape index (κ1) is 10.5. The van der Waals surface area contributed by atoms with E-state index in [-0.39, 0.29) is 0 Å². The van der Waals surface area contributed by atoms with Gasteiger partial charge in [-0.15, -0.1) is 11.3 Å². The Hall–Kier alpha value is -0.650. The molecule has 1 aromatic heterocycles. The highest BCUT2D eigenvalue weighted by molar-refractivity contribution is 7.13. The summed E-state index contributed by atoms with van der Waals surface area (Å²) in [6, 6.07) is 0.914. The molecule has 0 bridgehead atoms. The summed E-state index contributed by atoms with van der Waals surface area (Å²) in [7, 11) is 0. The number of nitrogen functional groups attached to an aromatic ring is 1. The fourth-order valence-electron chi connectivity index (χ4n) is 2.35. The Balaban J connectivity index is 1.50. The molecule has 0 aromatic carbocycles. The monoisotopic (exact) mass is 238 g/mol. The summed E-state index contributed by atoms with van der Waals surface area (Å²) < 4.78 is 0. The van der Waals surface area contributed by atoms with Crippen LogP contribution in [0.5, 0.6) is 0 Å². The normalized spacial score (nSPS) is 23.8. The Kier molecular flexibility index (Phi) is 2.83. The molecule has 5 heteroatoms. The molecule has 0 unspecified atom stereocenters. The van der Waals surface area contributed by atoms with E-state index in [2.05, 4.69) is 20.2 Å². The van der Waals surface area contributed by atoms with Crippen molar-refractivity contribution < 1.29 is 0 Å². The molecule has 0 spiro atoms. The Morgan fingerprint density at radius 1 is 1.31 bits per heavy atom. The summed E-state index contributed by atoms with van der Waals surface area (Å²) in [5.41, 5.74) is 6.76. The van der Waals surface area contributed by atoms with Gasteiger partial charge in [0.25, 0.3) is 0 Å². The summed E-state index contributed by atoms with van der Waals surface area (Å²) >= 11 is 1.54. The van der Waals surface area contributed by atoms with E-state index in [1.807, 2.05) is 0 Å². The summed E-state index contributed by atoms with van der Waals surface area (Å²) in [6.07, 6.45) is 2.84. The van der Waals surface area contributed by atoms with Crippen LogP contribution in [0.15, 0.2) is 5.38 Å². The van der Waals surface area contributed by atoms with E-state index in [0.29, 0.717) is 5.13 Å². The maximum Gasteiger partial charge on any atom is 0.180 e. The lowest BCUT2D eigenvalue weighted by Crippen LogP contribution is -2.46. The largest absolute Gasteiger partial charge is 0.375 e. The number of hydrogen-bond donors (Lipinski definition) is 1. The highest BCUT2D eigenvalue weighted by atomic mass is 32.1. The van der Waals surface area contributed by atoms with Gasteiger partial charge in [-0.3, -0.25) is 9.80 Å². The molecule has 4 nitrogen and oxygen atoms in total. The van der Waals surface area contributed by atoms with Gasteiger partial charge in [-0.25, -0.2) is 4.98 Å². The molecule has 0 atom stereocenters. The van der Waals surface area contributed by atoms with Crippen molar-refractivity contribution in [3.63, 3.8) is 0 Å². The molecule has 1 aliphatic heterocycles. The topological polar surface area (TPSA) is 45.4 Å². The number of nitrogens with two attached hydrogens (primary N) is 1. The van der Waals surface area contributed by atoms with Gasteiger partial charge in [-0.05, 0) is 12.8 Å². The zero-order valence-electron chi connectivity index (χ0n) is 9.43. The molecule has 16 heavy (non-hydrogen) atoms. The smallest absolute Gasteiger partial charge is 0.180 e. The molecular formula is C11H18N4S. The van der Waals surface area contributed by atoms with Crippen molar-refractivity contribution in [2.75, 3.05) is 31.9 Å². The first-order chi connectivity index (χ1) is 7.81. The van der Waals surface area contributed by atoms with E-state index in [1.165, 1.54) is 50.4 Å². The minimum absolute atomic E-state index is 0.687. The van der Waals surface area contributed by atoms with E-state index < -0.39 is 0 Å². The third-order valence-electron chi connectivity index (χ3n) is 3.43. The molecule has 2 heterocycles. The molecule has 3 rings (SSSR count). The second-order valence-corrected chi connectivity index (χ2v) is 5.61. The number of piperazine rings is 1. The van der Waals surface area contributed by atoms with Crippen LogP contribution >= 0.6 is 11.3 Å². The van der Waals surface area contributed by atoms with Gasteiger partial charge in [0.1, 0.15) is 0 Å². The maximum atomic E-state index is 5.63. The average molecular weight is 238 g/mol. The van der Waals surface area contributed by atoms with Crippen LogP contribution in [0.4, 0.5) is 5.13 Å². The molecule has 88 valence electrons. The van der Waals surface area contributed by atoms with Crippen LogP contribution in [-0.2, 0) is 6.54 Å². The number of aromatic nitrogens is 1. The van der Waals surface area contributed by atoms with E-state index in [0.717, 1.165) is 18.3 Å². The van der Waals surface area contributed by atoms with Crippen LogP contribution in [0.1, 0.15) is 18.5 Å². The van der Waals surface area contributed by atoms with Gasteiger partial charge in [0.15, 0.2) is 5.13 Å². The summed E-state index contributed by atoms with van der Waals surface area (Å²) in [5.74, 6) is 0. The summed E-state index contributed by atoms with van der Waals surface area (Å²) in [6.45, 7) is 5.77. The zero-order chi connectivity index (χ0) is 11.0. The van der Waals surface area contributed by atoms with Crippen LogP contribution in [-0.4, -0.2) is 47.0 Å². The average Bonchev–Trinajstić information content (AvgIpc) is 3.05. The second-order valence-electron chi connectivity index (χ2n) is 4.72. The third kappa shape index (κ3) is 2.36. The Morgan fingerprint density at radius 2 is 2.06 bits per heavy atom. The van der Waals surface area contributed by atoms with Gasteiger partial charge < -0.3 is 5.73 Å². The van der Waals surface area contributed by atoms with Crippen molar-refractivity contribution in [3.05, 3.63) is 11.1 Å². The van der Waals surface area contributed by atoms with Gasteiger partial charge in [0.05, 0.1) is 5.69 Å². The molecule has 0 radical (unpaired) electrons. The predicted octanol–water partition coefficient (Wildman–Crippen LogP) is 1.01. The number of thiazole rings is 1. The van der Waals surface area contributed by atoms with Crippen LogP contribution in [0, 0.1) is 0 Å². The maximum absolute atomic E-state index is 5.63. The number of rotatable bonds is 3. The van der Waals surface area contributed by atoms with Gasteiger partial charge in [-0.2, -0.15) is 0 Å². The van der Waals surface area contributed by atoms with Crippen molar-refractivity contribution in [3.8, 4) is 0 Å². The van der Waals surface area contributed by atoms with E-state index in [9.17, 15) is 0 Å². The Morgan fingerprint density at radius 3 is 2.62 bits per heavy atom. The zero-order valence-corrected chi connectivity index (χ0v) is 10.2. The Bertz CT molecular complexity index is 353. The quantitative estimate of drug-likeness (QED) is 0.853. The number of anilines is 1. The first-order valence-electron chi connectivity index (χ1n) is 5.97. The SMILES string of the molecule is Nc1nc(CN2CCN(C3CC3)CC2)cs1. The minimum Gasteiger partial charge on any atom is -0.375 e.